The van der Waals surface area contributed by atoms with Gasteiger partial charge in [0.05, 0.1) is 22.7 Å². The summed E-state index contributed by atoms with van der Waals surface area (Å²) < 4.78 is 6.58. The highest BCUT2D eigenvalue weighted by Gasteiger charge is 2.43. The van der Waals surface area contributed by atoms with Gasteiger partial charge in [-0.3, -0.25) is 0 Å². The van der Waals surface area contributed by atoms with Crippen LogP contribution in [-0.4, -0.2) is 0 Å². The predicted octanol–water partition coefficient (Wildman–Crippen LogP) is 15.3. The van der Waals surface area contributed by atoms with E-state index >= 15 is 0 Å². The van der Waals surface area contributed by atoms with Gasteiger partial charge in [0.25, 0.3) is 0 Å². The Morgan fingerprint density at radius 3 is 1.86 bits per heavy atom. The van der Waals surface area contributed by atoms with Crippen molar-refractivity contribution in [2.75, 3.05) is 9.80 Å². The average molecular weight is 749 g/mol. The maximum Gasteiger partial charge on any atom is 0.151 e. The van der Waals surface area contributed by atoms with Gasteiger partial charge >= 0.3 is 0 Å². The molecule has 58 heavy (non-hydrogen) atoms. The third-order valence-electron chi connectivity index (χ3n) is 12.9. The van der Waals surface area contributed by atoms with E-state index < -0.39 is 0 Å². The van der Waals surface area contributed by atoms with Crippen molar-refractivity contribution in [1.82, 2.24) is 0 Å². The lowest BCUT2D eigenvalue weighted by atomic mass is 9.70. The normalized spacial score (nSPS) is 14.7. The van der Waals surface area contributed by atoms with E-state index in [2.05, 4.69) is 220 Å². The van der Waals surface area contributed by atoms with Crippen LogP contribution in [0.25, 0.3) is 33.4 Å². The van der Waals surface area contributed by atoms with Crippen molar-refractivity contribution in [3.63, 3.8) is 0 Å². The van der Waals surface area contributed by atoms with E-state index in [0.29, 0.717) is 0 Å². The fraction of sp³-hybridized carbons (Fsp3) is 0.127. The van der Waals surface area contributed by atoms with E-state index in [0.717, 1.165) is 39.9 Å². The van der Waals surface area contributed by atoms with Gasteiger partial charge in [-0.15, -0.1) is 0 Å². The van der Waals surface area contributed by atoms with Gasteiger partial charge in [-0.2, -0.15) is 0 Å². The monoisotopic (exact) mass is 748 g/mol. The van der Waals surface area contributed by atoms with Gasteiger partial charge in [-0.25, -0.2) is 0 Å². The van der Waals surface area contributed by atoms with Crippen LogP contribution in [0.1, 0.15) is 55.5 Å². The Morgan fingerprint density at radius 1 is 0.448 bits per heavy atom. The van der Waals surface area contributed by atoms with E-state index in [1.54, 1.807) is 0 Å². The maximum atomic E-state index is 6.58. The summed E-state index contributed by atoms with van der Waals surface area (Å²) in [6.07, 6.45) is 0. The Labute approximate surface area is 341 Å². The number of nitrogens with zero attached hydrogens (tertiary/aromatic N) is 2. The van der Waals surface area contributed by atoms with Crippen LogP contribution >= 0.6 is 0 Å². The molecular weight excluding hydrogens is 705 g/mol. The molecule has 0 saturated heterocycles. The number of benzene rings is 8. The minimum absolute atomic E-state index is 0.117. The van der Waals surface area contributed by atoms with Gasteiger partial charge < -0.3 is 14.5 Å². The fourth-order valence-electron chi connectivity index (χ4n) is 10.1. The molecule has 0 spiro atoms. The van der Waals surface area contributed by atoms with Crippen LogP contribution in [0.15, 0.2) is 176 Å². The highest BCUT2D eigenvalue weighted by molar-refractivity contribution is 5.97. The number of fused-ring (bicyclic) bond motifs is 7. The summed E-state index contributed by atoms with van der Waals surface area (Å²) in [5.41, 5.74) is 20.4. The third kappa shape index (κ3) is 4.92. The molecule has 3 nitrogen and oxygen atoms in total. The van der Waals surface area contributed by atoms with Crippen LogP contribution in [0.2, 0.25) is 0 Å². The first-order valence-electron chi connectivity index (χ1n) is 20.4. The van der Waals surface area contributed by atoms with Gasteiger partial charge in [0.2, 0.25) is 0 Å². The van der Waals surface area contributed by atoms with E-state index in [1.807, 2.05) is 0 Å². The number of rotatable bonds is 5. The summed E-state index contributed by atoms with van der Waals surface area (Å²) >= 11 is 0. The summed E-state index contributed by atoms with van der Waals surface area (Å²) in [7, 11) is 0. The van der Waals surface area contributed by atoms with Crippen molar-refractivity contribution in [2.24, 2.45) is 0 Å². The summed E-state index contributed by atoms with van der Waals surface area (Å²) in [5, 5.41) is 0. The van der Waals surface area contributed by atoms with Crippen LogP contribution in [0.4, 0.5) is 34.1 Å². The van der Waals surface area contributed by atoms with Crippen LogP contribution < -0.4 is 14.5 Å². The molecule has 8 aromatic carbocycles. The molecule has 0 bridgehead atoms. The number of hydrogen-bond donors (Lipinski definition) is 0. The van der Waals surface area contributed by atoms with E-state index in [1.165, 1.54) is 66.9 Å². The molecule has 3 aliphatic rings. The Morgan fingerprint density at radius 2 is 1.05 bits per heavy atom. The zero-order valence-electron chi connectivity index (χ0n) is 33.5. The van der Waals surface area contributed by atoms with Gasteiger partial charge in [0.15, 0.2) is 11.5 Å². The molecule has 280 valence electrons. The second-order valence-corrected chi connectivity index (χ2v) is 17.0. The van der Waals surface area contributed by atoms with Gasteiger partial charge in [0, 0.05) is 27.8 Å². The molecule has 0 amide bonds. The Balaban J connectivity index is 1.08. The lowest BCUT2D eigenvalue weighted by Gasteiger charge is -2.46. The standard InChI is InChI=1S/C55H44N2O/c1-35-16-13-26-49-52(35)57-48-25-14-21-41(51(48)55(4,5)45-23-15-27-50(58-49)53(45)57)37-28-30-38(31-29-37)56(47-24-12-10-19-40(47)36-17-7-6-8-18-36)39-32-33-43-42-20-9-11-22-44(42)54(2,3)46(43)34-39/h6-34H,1-5H3. The second-order valence-electron chi connectivity index (χ2n) is 17.0. The van der Waals surface area contributed by atoms with Crippen molar-refractivity contribution in [3.8, 4) is 44.9 Å². The molecule has 0 radical (unpaired) electrons. The lowest BCUT2D eigenvalue weighted by Crippen LogP contribution is -2.33. The molecule has 0 atom stereocenters. The maximum absolute atomic E-state index is 6.58. The molecule has 0 fully saturated rings. The van der Waals surface area contributed by atoms with Crippen LogP contribution in [0, 0.1) is 6.92 Å². The van der Waals surface area contributed by atoms with Crippen LogP contribution in [-0.2, 0) is 10.8 Å². The molecular formula is C55H44N2O. The summed E-state index contributed by atoms with van der Waals surface area (Å²) in [6.45, 7) is 11.6. The quantitative estimate of drug-likeness (QED) is 0.174. The molecule has 0 unspecified atom stereocenters. The number of anilines is 6. The van der Waals surface area contributed by atoms with Gasteiger partial charge in [0.1, 0.15) is 0 Å². The third-order valence-corrected chi connectivity index (χ3v) is 12.9. The molecule has 0 N–H and O–H groups in total. The summed E-state index contributed by atoms with van der Waals surface area (Å²) in [6, 6.07) is 64.4. The number of aryl methyl sites for hydroxylation is 1. The Hall–Kier alpha value is -6.84. The molecule has 8 aromatic rings. The van der Waals surface area contributed by atoms with E-state index in [4.69, 9.17) is 4.74 Å². The molecule has 11 rings (SSSR count). The van der Waals surface area contributed by atoms with Crippen molar-refractivity contribution in [3.05, 3.63) is 204 Å². The van der Waals surface area contributed by atoms with Crippen molar-refractivity contribution in [1.29, 1.82) is 0 Å². The molecule has 2 aliphatic heterocycles. The SMILES string of the molecule is Cc1cccc2c1N1c3cccc(-c4ccc(N(c5ccc6c(c5)C(C)(C)c5ccccc5-6)c5ccccc5-c5ccccc5)cc4)c3C(C)(C)c3cccc(c31)O2. The first-order chi connectivity index (χ1) is 28.2. The molecule has 0 aromatic heterocycles. The number of ether oxygens (including phenoxy) is 1. The van der Waals surface area contributed by atoms with Crippen molar-refractivity contribution < 1.29 is 4.74 Å². The zero-order chi connectivity index (χ0) is 39.3. The molecule has 3 heteroatoms. The Kier molecular flexibility index (Phi) is 7.46. The number of para-hydroxylation sites is 3. The highest BCUT2D eigenvalue weighted by Crippen LogP contribution is 2.62. The van der Waals surface area contributed by atoms with E-state index in [9.17, 15) is 0 Å². The zero-order valence-corrected chi connectivity index (χ0v) is 33.5. The molecule has 2 heterocycles. The first-order valence-corrected chi connectivity index (χ1v) is 20.4. The Bertz CT molecular complexity index is 2940. The van der Waals surface area contributed by atoms with Gasteiger partial charge in [-0.05, 0) is 111 Å². The van der Waals surface area contributed by atoms with Crippen molar-refractivity contribution >= 4 is 34.1 Å². The van der Waals surface area contributed by atoms with Crippen LogP contribution in [0.3, 0.4) is 0 Å². The molecule has 1 aliphatic carbocycles. The molecule has 0 saturated carbocycles. The summed E-state index contributed by atoms with van der Waals surface area (Å²) in [4.78, 5) is 4.90. The largest absolute Gasteiger partial charge is 0.453 e. The number of hydrogen-bond acceptors (Lipinski definition) is 3. The van der Waals surface area contributed by atoms with E-state index in [-0.39, 0.29) is 10.8 Å². The van der Waals surface area contributed by atoms with Gasteiger partial charge in [-0.1, -0.05) is 155 Å². The fourth-order valence-corrected chi connectivity index (χ4v) is 10.1. The second kappa shape index (κ2) is 12.6. The van der Waals surface area contributed by atoms with Crippen molar-refractivity contribution in [2.45, 2.75) is 45.4 Å². The van der Waals surface area contributed by atoms with Crippen LogP contribution in [0.5, 0.6) is 11.5 Å². The smallest absolute Gasteiger partial charge is 0.151 e. The lowest BCUT2D eigenvalue weighted by molar-refractivity contribution is 0.471. The predicted molar refractivity (Wildman–Crippen MR) is 241 cm³/mol. The first kappa shape index (κ1) is 34.4. The minimum Gasteiger partial charge on any atom is -0.453 e. The highest BCUT2D eigenvalue weighted by atomic mass is 16.5. The minimum atomic E-state index is -0.286. The topological polar surface area (TPSA) is 15.7 Å². The average Bonchev–Trinajstić information content (AvgIpc) is 3.48. The summed E-state index contributed by atoms with van der Waals surface area (Å²) in [5.74, 6) is 1.79.